The standard InChI is InChI=1S/C25H31N5O3S/c1-16-9-7-8-12-18(16)21-27-22-20(24(32)30(3)25(33)29(22)2)23(28-21)34-15-19(31)26-14-13-17-10-5-4-6-11-17/h4-12,20-23,27-28H,13-15H2,1-3H3,(H,26,31). The van der Waals surface area contributed by atoms with Crippen LogP contribution in [0.2, 0.25) is 0 Å². The van der Waals surface area contributed by atoms with Gasteiger partial charge in [-0.05, 0) is 30.0 Å². The smallest absolute Gasteiger partial charge is 0.327 e. The lowest BCUT2D eigenvalue weighted by molar-refractivity contribution is -0.140. The molecule has 0 aromatic heterocycles. The van der Waals surface area contributed by atoms with Crippen LogP contribution in [-0.4, -0.2) is 65.6 Å². The second-order valence-electron chi connectivity index (χ2n) is 8.70. The lowest BCUT2D eigenvalue weighted by atomic mass is 9.95. The summed E-state index contributed by atoms with van der Waals surface area (Å²) in [6, 6.07) is 17.7. The first kappa shape index (κ1) is 24.3. The number of thioether (sulfide) groups is 1. The van der Waals surface area contributed by atoms with Crippen LogP contribution in [0.3, 0.4) is 0 Å². The van der Waals surface area contributed by atoms with Gasteiger partial charge in [-0.25, -0.2) is 4.79 Å². The maximum absolute atomic E-state index is 13.1. The second kappa shape index (κ2) is 10.6. The monoisotopic (exact) mass is 481 g/mol. The van der Waals surface area contributed by atoms with Gasteiger partial charge in [0.2, 0.25) is 11.8 Å². The Morgan fingerprint density at radius 1 is 1.03 bits per heavy atom. The summed E-state index contributed by atoms with van der Waals surface area (Å²) in [6.45, 7) is 2.58. The van der Waals surface area contributed by atoms with Crippen LogP contribution in [0.15, 0.2) is 54.6 Å². The van der Waals surface area contributed by atoms with Gasteiger partial charge in [-0.2, -0.15) is 0 Å². The molecule has 2 aromatic rings. The molecule has 0 spiro atoms. The molecule has 0 bridgehead atoms. The molecule has 2 aromatic carbocycles. The van der Waals surface area contributed by atoms with E-state index in [0.29, 0.717) is 6.54 Å². The van der Waals surface area contributed by atoms with E-state index in [9.17, 15) is 14.4 Å². The Kier molecular flexibility index (Phi) is 7.55. The number of aryl methyl sites for hydroxylation is 1. The number of amides is 4. The fraction of sp³-hybridized carbons (Fsp3) is 0.400. The summed E-state index contributed by atoms with van der Waals surface area (Å²) in [5, 5.41) is 9.59. The lowest BCUT2D eigenvalue weighted by Crippen LogP contribution is -2.72. The number of fused-ring (bicyclic) bond motifs is 1. The van der Waals surface area contributed by atoms with Crippen LogP contribution in [0.4, 0.5) is 4.79 Å². The van der Waals surface area contributed by atoms with E-state index in [0.717, 1.165) is 22.4 Å². The topological polar surface area (TPSA) is 93.8 Å². The average molecular weight is 482 g/mol. The minimum atomic E-state index is -0.518. The molecule has 2 saturated heterocycles. The third kappa shape index (κ3) is 5.11. The Morgan fingerprint density at radius 2 is 1.74 bits per heavy atom. The van der Waals surface area contributed by atoms with Gasteiger partial charge in [-0.1, -0.05) is 54.6 Å². The SMILES string of the molecule is Cc1ccccc1C1NC(SCC(=O)NCCc2ccccc2)C2C(=O)N(C)C(=O)N(C)C2N1. The largest absolute Gasteiger partial charge is 0.355 e. The minimum Gasteiger partial charge on any atom is -0.355 e. The number of urea groups is 1. The highest BCUT2D eigenvalue weighted by molar-refractivity contribution is 8.00. The Hall–Kier alpha value is -2.88. The van der Waals surface area contributed by atoms with E-state index in [1.807, 2.05) is 61.5 Å². The first-order valence-electron chi connectivity index (χ1n) is 11.4. The molecule has 3 N–H and O–H groups in total. The van der Waals surface area contributed by atoms with Crippen molar-refractivity contribution in [1.82, 2.24) is 25.8 Å². The Morgan fingerprint density at radius 3 is 2.47 bits per heavy atom. The number of benzene rings is 2. The first-order valence-corrected chi connectivity index (χ1v) is 12.5. The molecule has 0 radical (unpaired) electrons. The van der Waals surface area contributed by atoms with Crippen molar-refractivity contribution in [3.8, 4) is 0 Å². The number of imide groups is 1. The summed E-state index contributed by atoms with van der Waals surface area (Å²) in [4.78, 5) is 41.0. The quantitative estimate of drug-likeness (QED) is 0.561. The van der Waals surface area contributed by atoms with Crippen molar-refractivity contribution in [3.63, 3.8) is 0 Å². The molecule has 2 heterocycles. The Bertz CT molecular complexity index is 1050. The molecule has 2 fully saturated rings. The number of nitrogens with one attached hydrogen (secondary N) is 3. The molecule has 180 valence electrons. The van der Waals surface area contributed by atoms with Crippen LogP contribution in [0.5, 0.6) is 0 Å². The molecule has 0 aliphatic carbocycles. The van der Waals surface area contributed by atoms with Crippen LogP contribution in [-0.2, 0) is 16.0 Å². The molecule has 9 heteroatoms. The number of nitrogens with zero attached hydrogens (tertiary/aromatic N) is 2. The highest BCUT2D eigenvalue weighted by Gasteiger charge is 2.51. The third-order valence-electron chi connectivity index (χ3n) is 6.43. The second-order valence-corrected chi connectivity index (χ2v) is 9.83. The zero-order chi connectivity index (χ0) is 24.2. The van der Waals surface area contributed by atoms with E-state index in [1.165, 1.54) is 24.4 Å². The van der Waals surface area contributed by atoms with Crippen molar-refractivity contribution in [1.29, 1.82) is 0 Å². The van der Waals surface area contributed by atoms with Crippen LogP contribution in [0, 0.1) is 12.8 Å². The maximum Gasteiger partial charge on any atom is 0.327 e. The number of hydrogen-bond acceptors (Lipinski definition) is 6. The van der Waals surface area contributed by atoms with Gasteiger partial charge in [0.05, 0.1) is 29.4 Å². The third-order valence-corrected chi connectivity index (χ3v) is 7.65. The number of carbonyl (C=O) groups excluding carboxylic acids is 3. The van der Waals surface area contributed by atoms with Crippen molar-refractivity contribution < 1.29 is 14.4 Å². The molecule has 4 atom stereocenters. The molecule has 34 heavy (non-hydrogen) atoms. The predicted octanol–water partition coefficient (Wildman–Crippen LogP) is 2.07. The van der Waals surface area contributed by atoms with Gasteiger partial charge < -0.3 is 10.2 Å². The van der Waals surface area contributed by atoms with Gasteiger partial charge in [0.15, 0.2) is 0 Å². The minimum absolute atomic E-state index is 0.0775. The summed E-state index contributed by atoms with van der Waals surface area (Å²) < 4.78 is 0. The van der Waals surface area contributed by atoms with Gasteiger partial charge in [0.25, 0.3) is 0 Å². The van der Waals surface area contributed by atoms with Gasteiger partial charge in [-0.15, -0.1) is 11.8 Å². The summed E-state index contributed by atoms with van der Waals surface area (Å²) >= 11 is 1.40. The van der Waals surface area contributed by atoms with Gasteiger partial charge >= 0.3 is 6.03 Å². The normalized spacial score (nSPS) is 24.7. The van der Waals surface area contributed by atoms with E-state index in [-0.39, 0.29) is 35.1 Å². The molecule has 0 saturated carbocycles. The number of carbonyl (C=O) groups is 3. The van der Waals surface area contributed by atoms with Crippen molar-refractivity contribution in [2.75, 3.05) is 26.4 Å². The summed E-state index contributed by atoms with van der Waals surface area (Å²) in [6.07, 6.45) is 0.0345. The van der Waals surface area contributed by atoms with E-state index >= 15 is 0 Å². The van der Waals surface area contributed by atoms with Gasteiger partial charge in [-0.3, -0.25) is 25.1 Å². The maximum atomic E-state index is 13.1. The number of rotatable bonds is 7. The number of hydrogen-bond donors (Lipinski definition) is 3. The van der Waals surface area contributed by atoms with Gasteiger partial charge in [0.1, 0.15) is 0 Å². The van der Waals surface area contributed by atoms with Crippen LogP contribution in [0.1, 0.15) is 22.9 Å². The molecule has 4 amide bonds. The van der Waals surface area contributed by atoms with Gasteiger partial charge in [0, 0.05) is 20.6 Å². The van der Waals surface area contributed by atoms with E-state index in [1.54, 1.807) is 11.9 Å². The zero-order valence-electron chi connectivity index (χ0n) is 19.7. The summed E-state index contributed by atoms with van der Waals surface area (Å²) in [7, 11) is 3.21. The highest BCUT2D eigenvalue weighted by atomic mass is 32.2. The molecule has 4 rings (SSSR count). The fourth-order valence-electron chi connectivity index (χ4n) is 4.50. The van der Waals surface area contributed by atoms with E-state index in [2.05, 4.69) is 16.0 Å². The summed E-state index contributed by atoms with van der Waals surface area (Å²) in [5.41, 5.74) is 3.32. The van der Waals surface area contributed by atoms with Crippen molar-refractivity contribution >= 4 is 29.6 Å². The van der Waals surface area contributed by atoms with Crippen LogP contribution >= 0.6 is 11.8 Å². The molecule has 4 unspecified atom stereocenters. The van der Waals surface area contributed by atoms with E-state index in [4.69, 9.17) is 0 Å². The highest BCUT2D eigenvalue weighted by Crippen LogP contribution is 2.34. The van der Waals surface area contributed by atoms with Crippen LogP contribution in [0.25, 0.3) is 0 Å². The fourth-order valence-corrected chi connectivity index (χ4v) is 5.63. The van der Waals surface area contributed by atoms with Crippen molar-refractivity contribution in [3.05, 3.63) is 71.3 Å². The molecular formula is C25H31N5O3S. The Labute approximate surface area is 204 Å². The molecule has 2 aliphatic heterocycles. The van der Waals surface area contributed by atoms with Crippen LogP contribution < -0.4 is 16.0 Å². The summed E-state index contributed by atoms with van der Waals surface area (Å²) in [5.74, 6) is -0.634. The lowest BCUT2D eigenvalue weighted by Gasteiger charge is -2.50. The van der Waals surface area contributed by atoms with Crippen molar-refractivity contribution in [2.45, 2.75) is 31.0 Å². The molecular weight excluding hydrogens is 450 g/mol. The zero-order valence-corrected chi connectivity index (χ0v) is 20.5. The van der Waals surface area contributed by atoms with Crippen molar-refractivity contribution in [2.24, 2.45) is 5.92 Å². The Balaban J connectivity index is 1.45. The predicted molar refractivity (Wildman–Crippen MR) is 133 cm³/mol. The van der Waals surface area contributed by atoms with E-state index < -0.39 is 12.1 Å². The average Bonchev–Trinajstić information content (AvgIpc) is 2.85. The molecule has 2 aliphatic rings. The molecule has 8 nitrogen and oxygen atoms in total. The first-order chi connectivity index (χ1) is 16.4.